The summed E-state index contributed by atoms with van der Waals surface area (Å²) < 4.78 is 11.2. The van der Waals surface area contributed by atoms with Crippen LogP contribution in [0.5, 0.6) is 5.88 Å². The van der Waals surface area contributed by atoms with Crippen LogP contribution < -0.4 is 16.0 Å². The number of anilines is 1. The van der Waals surface area contributed by atoms with Gasteiger partial charge >= 0.3 is 0 Å². The van der Waals surface area contributed by atoms with Gasteiger partial charge in [-0.2, -0.15) is 10.2 Å². The Morgan fingerprint density at radius 3 is 2.93 bits per heavy atom. The van der Waals surface area contributed by atoms with Crippen molar-refractivity contribution in [2.75, 3.05) is 25.6 Å². The van der Waals surface area contributed by atoms with E-state index in [4.69, 9.17) is 25.3 Å². The molecule has 1 atom stereocenters. The first kappa shape index (κ1) is 21.4. The van der Waals surface area contributed by atoms with Crippen molar-refractivity contribution in [2.24, 2.45) is 0 Å². The van der Waals surface area contributed by atoms with Crippen molar-refractivity contribution in [3.8, 4) is 23.3 Å². The number of hydrogen-bond acceptors (Lipinski definition) is 9. The molecule has 2 aromatic rings. The van der Waals surface area contributed by atoms with E-state index in [2.05, 4.69) is 21.5 Å². The molecule has 0 bridgehead atoms. The van der Waals surface area contributed by atoms with Crippen molar-refractivity contribution in [1.29, 1.82) is 5.26 Å². The molecule has 0 radical (unpaired) electrons. The maximum Gasteiger partial charge on any atom is 0.284 e. The fourth-order valence-electron chi connectivity index (χ4n) is 2.71. The van der Waals surface area contributed by atoms with Crippen LogP contribution in [-0.4, -0.2) is 52.5 Å². The van der Waals surface area contributed by atoms with E-state index in [1.165, 1.54) is 13.8 Å². The Kier molecular flexibility index (Phi) is 6.47. The highest BCUT2D eigenvalue weighted by molar-refractivity contribution is 6.00. The topological polar surface area (TPSA) is 153 Å². The molecule has 2 heterocycles. The minimum atomic E-state index is -1.13. The second kappa shape index (κ2) is 9.04. The molecule has 30 heavy (non-hydrogen) atoms. The number of hydroxylamine groups is 1. The van der Waals surface area contributed by atoms with E-state index in [0.717, 1.165) is 0 Å². The Labute approximate surface area is 173 Å². The number of nitrogen functional groups attached to an aromatic ring is 1. The fourth-order valence-corrected chi connectivity index (χ4v) is 2.71. The van der Waals surface area contributed by atoms with Crippen molar-refractivity contribution in [3.63, 3.8) is 0 Å². The number of rotatable bonds is 7. The lowest BCUT2D eigenvalue weighted by Crippen LogP contribution is -2.34. The largest absolute Gasteiger partial charge is 0.471 e. The third kappa shape index (κ3) is 5.42. The van der Waals surface area contributed by atoms with E-state index in [0.29, 0.717) is 30.8 Å². The molecule has 1 amide bonds. The number of nitriles is 1. The molecule has 1 aliphatic rings. The predicted octanol–water partition coefficient (Wildman–Crippen LogP) is 1.20. The fraction of sp³-hybridized carbons (Fsp3) is 0.400. The summed E-state index contributed by atoms with van der Waals surface area (Å²) in [7, 11) is 0. The molecule has 1 aromatic carbocycles. The third-order valence-electron chi connectivity index (χ3n) is 4.14. The Hall–Kier alpha value is -3.26. The van der Waals surface area contributed by atoms with Gasteiger partial charge in [-0.3, -0.25) is 9.63 Å². The highest BCUT2D eigenvalue weighted by atomic mass is 16.7. The Morgan fingerprint density at radius 2 is 2.27 bits per heavy atom. The Bertz CT molecular complexity index is 961. The lowest BCUT2D eigenvalue weighted by molar-refractivity contribution is -0.0523. The molecule has 4 N–H and O–H groups in total. The number of benzene rings is 1. The van der Waals surface area contributed by atoms with Crippen LogP contribution in [0.25, 0.3) is 11.4 Å². The van der Waals surface area contributed by atoms with Crippen LogP contribution in [0.4, 0.5) is 5.82 Å². The first-order valence-corrected chi connectivity index (χ1v) is 9.34. The zero-order valence-corrected chi connectivity index (χ0v) is 16.7. The van der Waals surface area contributed by atoms with Gasteiger partial charge in [0, 0.05) is 12.0 Å². The Morgan fingerprint density at radius 1 is 1.47 bits per heavy atom. The van der Waals surface area contributed by atoms with Crippen LogP contribution in [0.1, 0.15) is 36.2 Å². The van der Waals surface area contributed by atoms with Crippen LogP contribution in [0.2, 0.25) is 0 Å². The van der Waals surface area contributed by atoms with Gasteiger partial charge in [-0.05, 0) is 26.0 Å². The second-order valence-electron chi connectivity index (χ2n) is 7.44. The molecule has 0 aliphatic carbocycles. The molecule has 1 aromatic heterocycles. The number of carbonyl (C=O) groups is 1. The number of nitrogens with one attached hydrogen (secondary N) is 1. The molecule has 1 aliphatic heterocycles. The normalized spacial score (nSPS) is 16.1. The maximum atomic E-state index is 12.7. The van der Waals surface area contributed by atoms with Gasteiger partial charge in [0.25, 0.3) is 5.91 Å². The van der Waals surface area contributed by atoms with Gasteiger partial charge in [0.05, 0.1) is 30.4 Å². The van der Waals surface area contributed by atoms with Crippen LogP contribution in [-0.2, 0) is 9.57 Å². The number of carbonyl (C=O) groups excluding carboxylic acids is 1. The monoisotopic (exact) mass is 413 g/mol. The van der Waals surface area contributed by atoms with Crippen molar-refractivity contribution in [3.05, 3.63) is 35.4 Å². The smallest absolute Gasteiger partial charge is 0.284 e. The standard InChI is InChI=1S/C20H23N5O5/c1-20(2,27)11-29-25-18(26)15-16(22)23-17(13-5-3-4-12(8-13)9-21)24-19(15)30-14-6-7-28-10-14/h3-5,8,14,27H,6-7,10-11H2,1-2H3,(H,25,26)(H2,22,23,24). The maximum absolute atomic E-state index is 12.7. The molecular weight excluding hydrogens is 390 g/mol. The van der Waals surface area contributed by atoms with E-state index in [9.17, 15) is 9.90 Å². The number of ether oxygens (including phenoxy) is 2. The Balaban J connectivity index is 1.94. The van der Waals surface area contributed by atoms with E-state index in [1.807, 2.05) is 0 Å². The number of hydrogen-bond donors (Lipinski definition) is 3. The molecule has 158 valence electrons. The number of aliphatic hydroxyl groups is 1. The van der Waals surface area contributed by atoms with E-state index in [-0.39, 0.29) is 35.8 Å². The summed E-state index contributed by atoms with van der Waals surface area (Å²) in [4.78, 5) is 26.3. The van der Waals surface area contributed by atoms with E-state index in [1.54, 1.807) is 24.3 Å². The second-order valence-corrected chi connectivity index (χ2v) is 7.44. The van der Waals surface area contributed by atoms with Gasteiger partial charge in [-0.25, -0.2) is 10.5 Å². The summed E-state index contributed by atoms with van der Waals surface area (Å²) in [6.07, 6.45) is 0.348. The summed E-state index contributed by atoms with van der Waals surface area (Å²) >= 11 is 0. The van der Waals surface area contributed by atoms with Crippen molar-refractivity contribution in [1.82, 2.24) is 15.4 Å². The average Bonchev–Trinajstić information content (AvgIpc) is 3.19. The lowest BCUT2D eigenvalue weighted by Gasteiger charge is -2.19. The van der Waals surface area contributed by atoms with Crippen LogP contribution in [0.15, 0.2) is 24.3 Å². The lowest BCUT2D eigenvalue weighted by atomic mass is 10.1. The van der Waals surface area contributed by atoms with Crippen molar-refractivity contribution in [2.45, 2.75) is 32.0 Å². The highest BCUT2D eigenvalue weighted by Gasteiger charge is 2.26. The first-order valence-electron chi connectivity index (χ1n) is 9.34. The van der Waals surface area contributed by atoms with Crippen molar-refractivity contribution >= 4 is 11.7 Å². The minimum absolute atomic E-state index is 0.0141. The quantitative estimate of drug-likeness (QED) is 0.568. The van der Waals surface area contributed by atoms with Crippen molar-refractivity contribution < 1.29 is 24.2 Å². The minimum Gasteiger partial charge on any atom is -0.471 e. The van der Waals surface area contributed by atoms with E-state index >= 15 is 0 Å². The van der Waals surface area contributed by atoms with Gasteiger partial charge in [-0.15, -0.1) is 0 Å². The van der Waals surface area contributed by atoms with Crippen LogP contribution in [0.3, 0.4) is 0 Å². The van der Waals surface area contributed by atoms with Crippen LogP contribution in [0, 0.1) is 11.3 Å². The molecule has 10 heteroatoms. The average molecular weight is 413 g/mol. The van der Waals surface area contributed by atoms with Gasteiger partial charge in [-0.1, -0.05) is 12.1 Å². The molecule has 10 nitrogen and oxygen atoms in total. The predicted molar refractivity (Wildman–Crippen MR) is 106 cm³/mol. The summed E-state index contributed by atoms with van der Waals surface area (Å²) in [5, 5.41) is 18.8. The number of amides is 1. The number of nitrogens with two attached hydrogens (primary N) is 1. The highest BCUT2D eigenvalue weighted by Crippen LogP contribution is 2.28. The molecular formula is C20H23N5O5. The summed E-state index contributed by atoms with van der Waals surface area (Å²) in [5.74, 6) is -0.615. The van der Waals surface area contributed by atoms with E-state index < -0.39 is 11.5 Å². The number of nitrogens with zero attached hydrogens (tertiary/aromatic N) is 3. The summed E-state index contributed by atoms with van der Waals surface area (Å²) in [6, 6.07) is 8.75. The van der Waals surface area contributed by atoms with Gasteiger partial charge < -0.3 is 20.3 Å². The molecule has 0 spiro atoms. The first-order chi connectivity index (χ1) is 14.3. The van der Waals surface area contributed by atoms with Crippen LogP contribution >= 0.6 is 0 Å². The zero-order chi connectivity index (χ0) is 21.7. The van der Waals surface area contributed by atoms with Gasteiger partial charge in [0.2, 0.25) is 5.88 Å². The number of aromatic nitrogens is 2. The summed E-state index contributed by atoms with van der Waals surface area (Å²) in [5.41, 5.74) is 8.06. The molecule has 1 unspecified atom stereocenters. The molecule has 1 fully saturated rings. The summed E-state index contributed by atoms with van der Waals surface area (Å²) in [6.45, 7) is 3.84. The zero-order valence-electron chi connectivity index (χ0n) is 16.7. The molecule has 0 saturated carbocycles. The third-order valence-corrected chi connectivity index (χ3v) is 4.14. The van der Waals surface area contributed by atoms with Gasteiger partial charge in [0.1, 0.15) is 24.1 Å². The molecule has 3 rings (SSSR count). The molecule has 1 saturated heterocycles. The SMILES string of the molecule is CC(C)(O)CONC(=O)c1c(N)nc(-c2cccc(C#N)c2)nc1OC1CCOC1. The van der Waals surface area contributed by atoms with Gasteiger partial charge in [0.15, 0.2) is 5.82 Å².